The van der Waals surface area contributed by atoms with E-state index in [2.05, 4.69) is 5.10 Å². The lowest BCUT2D eigenvalue weighted by Gasteiger charge is -2.02. The summed E-state index contributed by atoms with van der Waals surface area (Å²) < 4.78 is 14.9. The van der Waals surface area contributed by atoms with Gasteiger partial charge in [-0.25, -0.2) is 9.18 Å². The Hall–Kier alpha value is -2.96. The molecule has 0 radical (unpaired) electrons. The normalized spacial score (nSPS) is 11.4. The average Bonchev–Trinajstić information content (AvgIpc) is 2.90. The number of nitrogens with zero attached hydrogens (tertiary/aromatic N) is 2. The van der Waals surface area contributed by atoms with Crippen molar-refractivity contribution in [3.05, 3.63) is 59.7 Å². The third-order valence-electron chi connectivity index (χ3n) is 2.70. The highest BCUT2D eigenvalue weighted by Crippen LogP contribution is 2.13. The highest BCUT2D eigenvalue weighted by atomic mass is 19.1. The second kappa shape index (κ2) is 6.00. The molecule has 7 heteroatoms. The van der Waals surface area contributed by atoms with E-state index in [9.17, 15) is 19.1 Å². The first-order valence-electron chi connectivity index (χ1n) is 5.91. The molecule has 6 nitrogen and oxygen atoms in total. The van der Waals surface area contributed by atoms with Crippen LogP contribution in [0.25, 0.3) is 5.76 Å². The van der Waals surface area contributed by atoms with Crippen LogP contribution in [0.15, 0.2) is 42.7 Å². The van der Waals surface area contributed by atoms with Crippen LogP contribution in [0.2, 0.25) is 0 Å². The fraction of sp³-hybridized carbons (Fsp3) is 0.0714. The van der Waals surface area contributed by atoms with Gasteiger partial charge in [0.15, 0.2) is 0 Å². The van der Waals surface area contributed by atoms with Crippen LogP contribution >= 0.6 is 0 Å². The van der Waals surface area contributed by atoms with Crippen LogP contribution < -0.4 is 0 Å². The van der Waals surface area contributed by atoms with Crippen molar-refractivity contribution >= 4 is 17.5 Å². The Morgan fingerprint density at radius 2 is 2.00 bits per heavy atom. The Balaban J connectivity index is 2.17. The van der Waals surface area contributed by atoms with Gasteiger partial charge in [0.2, 0.25) is 0 Å². The molecule has 1 aromatic carbocycles. The number of benzene rings is 1. The van der Waals surface area contributed by atoms with E-state index in [4.69, 9.17) is 5.11 Å². The largest absolute Gasteiger partial charge is 0.507 e. The number of hydrogen-bond acceptors (Lipinski definition) is 4. The number of carbonyl (C=O) groups excluding carboxylic acids is 1. The third-order valence-corrected chi connectivity index (χ3v) is 2.70. The maximum absolute atomic E-state index is 13.5. The lowest BCUT2D eigenvalue weighted by molar-refractivity contribution is -0.146. The van der Waals surface area contributed by atoms with Crippen molar-refractivity contribution in [2.24, 2.45) is 0 Å². The fourth-order valence-electron chi connectivity index (χ4n) is 1.65. The molecular weight excluding hydrogens is 279 g/mol. The zero-order valence-corrected chi connectivity index (χ0v) is 10.7. The van der Waals surface area contributed by atoms with Gasteiger partial charge in [0.05, 0.1) is 18.3 Å². The highest BCUT2D eigenvalue weighted by molar-refractivity contribution is 6.38. The second-order valence-electron chi connectivity index (χ2n) is 4.22. The lowest BCUT2D eigenvalue weighted by Crippen LogP contribution is -2.09. The minimum absolute atomic E-state index is 0.146. The Morgan fingerprint density at radius 3 is 2.67 bits per heavy atom. The van der Waals surface area contributed by atoms with E-state index in [0.29, 0.717) is 11.6 Å². The number of halogens is 1. The molecule has 0 aliphatic carbocycles. The van der Waals surface area contributed by atoms with E-state index >= 15 is 0 Å². The number of aliphatic hydroxyl groups excluding tert-OH is 1. The van der Waals surface area contributed by atoms with Gasteiger partial charge < -0.3 is 10.2 Å². The van der Waals surface area contributed by atoms with Gasteiger partial charge in [-0.2, -0.15) is 5.10 Å². The summed E-state index contributed by atoms with van der Waals surface area (Å²) in [6.07, 6.45) is 3.22. The summed E-state index contributed by atoms with van der Waals surface area (Å²) in [5.74, 6) is -3.80. The number of rotatable bonds is 5. The second-order valence-corrected chi connectivity index (χ2v) is 4.22. The molecule has 0 atom stereocenters. The summed E-state index contributed by atoms with van der Waals surface area (Å²) in [6, 6.07) is 6.17. The van der Waals surface area contributed by atoms with Crippen molar-refractivity contribution in [2.45, 2.75) is 6.54 Å². The van der Waals surface area contributed by atoms with Crippen LogP contribution in [0, 0.1) is 5.82 Å². The van der Waals surface area contributed by atoms with Gasteiger partial charge in [0, 0.05) is 17.8 Å². The summed E-state index contributed by atoms with van der Waals surface area (Å²) in [4.78, 5) is 21.3. The minimum atomic E-state index is -1.67. The number of carbonyl (C=O) groups is 2. The number of carboxylic acids is 1. The third kappa shape index (κ3) is 3.53. The molecule has 1 aromatic heterocycles. The van der Waals surface area contributed by atoms with Gasteiger partial charge >= 0.3 is 5.97 Å². The predicted octanol–water partition coefficient (Wildman–Crippen LogP) is 1.62. The number of aliphatic carboxylic acids is 1. The van der Waals surface area contributed by atoms with Crippen LogP contribution in [0.4, 0.5) is 4.39 Å². The Labute approximate surface area is 118 Å². The van der Waals surface area contributed by atoms with Gasteiger partial charge in [0.25, 0.3) is 5.78 Å². The molecule has 0 saturated carbocycles. The average molecular weight is 290 g/mol. The highest BCUT2D eigenvalue weighted by Gasteiger charge is 2.12. The molecule has 1 heterocycles. The minimum Gasteiger partial charge on any atom is -0.507 e. The van der Waals surface area contributed by atoms with Gasteiger partial charge in [-0.05, 0) is 6.07 Å². The van der Waals surface area contributed by atoms with Crippen LogP contribution in [-0.4, -0.2) is 31.7 Å². The smallest absolute Gasteiger partial charge is 0.376 e. The van der Waals surface area contributed by atoms with Gasteiger partial charge in [-0.15, -0.1) is 0 Å². The summed E-state index contributed by atoms with van der Waals surface area (Å²) in [5, 5.41) is 22.0. The van der Waals surface area contributed by atoms with E-state index in [-0.39, 0.29) is 17.9 Å². The molecular formula is C14H11FN2O4. The van der Waals surface area contributed by atoms with Crippen LogP contribution in [0.5, 0.6) is 0 Å². The molecule has 108 valence electrons. The van der Waals surface area contributed by atoms with Gasteiger partial charge in [-0.3, -0.25) is 9.48 Å². The standard InChI is InChI=1S/C14H11FN2O4/c15-11-4-2-1-3-9(11)7-17-8-10(6-16-17)12(18)5-13(19)14(20)21/h1-6,8,18H,7H2,(H,20,21). The molecule has 0 bridgehead atoms. The first kappa shape index (κ1) is 14.4. The molecule has 0 unspecified atom stereocenters. The predicted molar refractivity (Wildman–Crippen MR) is 71.0 cm³/mol. The van der Waals surface area contributed by atoms with Crippen molar-refractivity contribution in [2.75, 3.05) is 0 Å². The Kier molecular flexibility index (Phi) is 4.13. The van der Waals surface area contributed by atoms with Crippen molar-refractivity contribution < 1.29 is 24.2 Å². The maximum atomic E-state index is 13.5. The van der Waals surface area contributed by atoms with Crippen molar-refractivity contribution in [3.8, 4) is 0 Å². The summed E-state index contributed by atoms with van der Waals surface area (Å²) in [7, 11) is 0. The van der Waals surface area contributed by atoms with E-state index in [1.54, 1.807) is 18.2 Å². The Morgan fingerprint density at radius 1 is 1.29 bits per heavy atom. The van der Waals surface area contributed by atoms with E-state index in [1.807, 2.05) is 0 Å². The molecule has 21 heavy (non-hydrogen) atoms. The SMILES string of the molecule is O=C(O)C(=O)C=C(O)c1cnn(Cc2ccccc2F)c1. The zero-order chi connectivity index (χ0) is 15.4. The molecule has 0 amide bonds. The number of carboxylic acid groups (broad SMARTS) is 1. The zero-order valence-electron chi connectivity index (χ0n) is 10.7. The van der Waals surface area contributed by atoms with Crippen molar-refractivity contribution in [1.82, 2.24) is 9.78 Å². The quantitative estimate of drug-likeness (QED) is 0.496. The first-order valence-corrected chi connectivity index (χ1v) is 5.91. The number of ketones is 1. The molecule has 0 spiro atoms. The van der Waals surface area contributed by atoms with Gasteiger partial charge in [0.1, 0.15) is 11.6 Å². The molecule has 2 aromatic rings. The number of hydrogen-bond donors (Lipinski definition) is 2. The van der Waals surface area contributed by atoms with Crippen LogP contribution in [0.3, 0.4) is 0 Å². The monoisotopic (exact) mass is 290 g/mol. The van der Waals surface area contributed by atoms with Crippen molar-refractivity contribution in [1.29, 1.82) is 0 Å². The molecule has 2 N–H and O–H groups in total. The van der Waals surface area contributed by atoms with Crippen molar-refractivity contribution in [3.63, 3.8) is 0 Å². The first-order chi connectivity index (χ1) is 9.97. The maximum Gasteiger partial charge on any atom is 0.376 e. The van der Waals surface area contributed by atoms with E-state index in [0.717, 1.165) is 0 Å². The molecule has 2 rings (SSSR count). The lowest BCUT2D eigenvalue weighted by atomic mass is 10.2. The Bertz CT molecular complexity index is 721. The van der Waals surface area contributed by atoms with Gasteiger partial charge in [-0.1, -0.05) is 18.2 Å². The van der Waals surface area contributed by atoms with Crippen LogP contribution in [-0.2, 0) is 16.1 Å². The van der Waals surface area contributed by atoms with E-state index < -0.39 is 17.5 Å². The molecule has 0 fully saturated rings. The summed E-state index contributed by atoms with van der Waals surface area (Å²) in [6.45, 7) is 0.146. The molecule has 0 saturated heterocycles. The fourth-order valence-corrected chi connectivity index (χ4v) is 1.65. The summed E-state index contributed by atoms with van der Waals surface area (Å²) >= 11 is 0. The molecule has 0 aliphatic rings. The topological polar surface area (TPSA) is 92.4 Å². The number of aromatic nitrogens is 2. The molecule has 0 aliphatic heterocycles. The number of aliphatic hydroxyl groups is 1. The van der Waals surface area contributed by atoms with E-state index in [1.165, 1.54) is 23.1 Å². The van der Waals surface area contributed by atoms with Crippen LogP contribution in [0.1, 0.15) is 11.1 Å². The summed E-state index contributed by atoms with van der Waals surface area (Å²) in [5.41, 5.74) is 0.582.